The molecule has 2 aromatic carbocycles. The highest BCUT2D eigenvalue weighted by Crippen LogP contribution is 2.36. The monoisotopic (exact) mass is 440 g/mol. The van der Waals surface area contributed by atoms with Crippen LogP contribution < -0.4 is 21.3 Å². The van der Waals surface area contributed by atoms with Gasteiger partial charge in [0, 0.05) is 42.7 Å². The Bertz CT molecular complexity index is 1100. The molecule has 1 aliphatic heterocycles. The van der Waals surface area contributed by atoms with Crippen LogP contribution in [0.2, 0.25) is 5.02 Å². The van der Waals surface area contributed by atoms with Crippen LogP contribution in [0.1, 0.15) is 19.8 Å². The van der Waals surface area contributed by atoms with Crippen LogP contribution in [0.4, 0.5) is 27.5 Å². The fourth-order valence-electron chi connectivity index (χ4n) is 3.84. The van der Waals surface area contributed by atoms with E-state index in [0.717, 1.165) is 42.0 Å². The molecule has 8 heteroatoms. The zero-order valence-corrected chi connectivity index (χ0v) is 18.1. The van der Waals surface area contributed by atoms with Gasteiger partial charge in [-0.15, -0.1) is 0 Å². The molecular weight excluding hydrogens is 415 g/mol. The molecule has 1 atom stereocenters. The lowest BCUT2D eigenvalue weighted by Gasteiger charge is -2.27. The van der Waals surface area contributed by atoms with E-state index in [-0.39, 0.29) is 5.02 Å². The van der Waals surface area contributed by atoms with Gasteiger partial charge >= 0.3 is 0 Å². The van der Waals surface area contributed by atoms with Crippen molar-refractivity contribution in [2.45, 2.75) is 25.8 Å². The molecule has 0 unspecified atom stereocenters. The molecular formula is C23H26ClFN6. The number of benzene rings is 2. The maximum atomic E-state index is 13.6. The molecule has 6 nitrogen and oxygen atoms in total. The van der Waals surface area contributed by atoms with Crippen molar-refractivity contribution in [3.63, 3.8) is 0 Å². The second-order valence-electron chi connectivity index (χ2n) is 8.53. The topological polar surface area (TPSA) is 73.9 Å². The van der Waals surface area contributed by atoms with Crippen molar-refractivity contribution in [1.82, 2.24) is 15.3 Å². The van der Waals surface area contributed by atoms with E-state index in [1.807, 2.05) is 18.2 Å². The van der Waals surface area contributed by atoms with Crippen LogP contribution in [0.5, 0.6) is 0 Å². The Morgan fingerprint density at radius 1 is 1.19 bits per heavy atom. The maximum Gasteiger partial charge on any atom is 0.229 e. The SMILES string of the molecule is C[C@@H](Nc1nc(Nc2ccc(F)c(Cl)c2)nc2c(NCC3CNC3)cccc12)C1CC1. The lowest BCUT2D eigenvalue weighted by atomic mass is 10.0. The molecule has 1 saturated heterocycles. The number of rotatable bonds is 8. The van der Waals surface area contributed by atoms with Gasteiger partial charge in [0.05, 0.1) is 10.7 Å². The lowest BCUT2D eigenvalue weighted by molar-refractivity contribution is 0.365. The van der Waals surface area contributed by atoms with E-state index in [1.54, 1.807) is 6.07 Å². The van der Waals surface area contributed by atoms with E-state index in [4.69, 9.17) is 21.6 Å². The number of halogens is 2. The highest BCUT2D eigenvalue weighted by molar-refractivity contribution is 6.31. The van der Waals surface area contributed by atoms with Gasteiger partial charge in [0.1, 0.15) is 17.2 Å². The molecule has 3 aromatic rings. The Balaban J connectivity index is 1.50. The lowest BCUT2D eigenvalue weighted by Crippen LogP contribution is -2.45. The normalized spacial score (nSPS) is 17.3. The molecule has 2 aliphatic rings. The van der Waals surface area contributed by atoms with Gasteiger partial charge in [0.2, 0.25) is 5.95 Å². The molecule has 0 spiro atoms. The molecule has 0 radical (unpaired) electrons. The van der Waals surface area contributed by atoms with Gasteiger partial charge in [-0.05, 0) is 56.0 Å². The minimum Gasteiger partial charge on any atom is -0.383 e. The van der Waals surface area contributed by atoms with Crippen LogP contribution in [-0.4, -0.2) is 35.6 Å². The number of nitrogens with one attached hydrogen (secondary N) is 4. The minimum atomic E-state index is -0.454. The number of aromatic nitrogens is 2. The Labute approximate surface area is 186 Å². The predicted molar refractivity (Wildman–Crippen MR) is 125 cm³/mol. The van der Waals surface area contributed by atoms with Gasteiger partial charge in [0.15, 0.2) is 0 Å². The zero-order chi connectivity index (χ0) is 21.4. The molecule has 0 amide bonds. The number of hydrogen-bond acceptors (Lipinski definition) is 6. The van der Waals surface area contributed by atoms with Crippen molar-refractivity contribution in [2.24, 2.45) is 11.8 Å². The van der Waals surface area contributed by atoms with Gasteiger partial charge in [-0.3, -0.25) is 0 Å². The Hall–Kier alpha value is -2.64. The maximum absolute atomic E-state index is 13.6. The molecule has 2 fully saturated rings. The number of hydrogen-bond donors (Lipinski definition) is 4. The standard InChI is InChI=1S/C23H26ClFN6/c1-13(15-5-6-15)28-22-17-3-2-4-20(27-12-14-10-26-11-14)21(17)30-23(31-22)29-16-7-8-19(25)18(24)9-16/h2-4,7-9,13-15,26-27H,5-6,10-12H2,1H3,(H2,28,29,30,31)/t13-/m1/s1. The fourth-order valence-corrected chi connectivity index (χ4v) is 4.02. The predicted octanol–water partition coefficient (Wildman–Crippen LogP) is 5.01. The van der Waals surface area contributed by atoms with E-state index < -0.39 is 5.82 Å². The molecule has 4 N–H and O–H groups in total. The van der Waals surface area contributed by atoms with Gasteiger partial charge in [0.25, 0.3) is 0 Å². The molecule has 1 saturated carbocycles. The van der Waals surface area contributed by atoms with Crippen LogP contribution >= 0.6 is 11.6 Å². The third kappa shape index (κ3) is 4.52. The van der Waals surface area contributed by atoms with Crippen molar-refractivity contribution in [1.29, 1.82) is 0 Å². The molecule has 31 heavy (non-hydrogen) atoms. The second-order valence-corrected chi connectivity index (χ2v) is 8.93. The summed E-state index contributed by atoms with van der Waals surface area (Å²) in [7, 11) is 0. The smallest absolute Gasteiger partial charge is 0.229 e. The molecule has 2 heterocycles. The molecule has 5 rings (SSSR count). The Morgan fingerprint density at radius 3 is 2.74 bits per heavy atom. The summed E-state index contributed by atoms with van der Waals surface area (Å²) in [4.78, 5) is 9.55. The van der Waals surface area contributed by atoms with E-state index >= 15 is 0 Å². The zero-order valence-electron chi connectivity index (χ0n) is 17.4. The average molecular weight is 441 g/mol. The summed E-state index contributed by atoms with van der Waals surface area (Å²) in [5, 5.41) is 14.7. The van der Waals surface area contributed by atoms with Gasteiger partial charge in [-0.25, -0.2) is 9.37 Å². The quantitative estimate of drug-likeness (QED) is 0.394. The van der Waals surface area contributed by atoms with Crippen LogP contribution in [0, 0.1) is 17.7 Å². The fraction of sp³-hybridized carbons (Fsp3) is 0.391. The van der Waals surface area contributed by atoms with Crippen LogP contribution in [-0.2, 0) is 0 Å². The Kier molecular flexibility index (Phi) is 5.54. The van der Waals surface area contributed by atoms with E-state index in [1.165, 1.54) is 25.0 Å². The summed E-state index contributed by atoms with van der Waals surface area (Å²) < 4.78 is 13.6. The number of para-hydroxylation sites is 1. The molecule has 0 bridgehead atoms. The van der Waals surface area contributed by atoms with E-state index in [0.29, 0.717) is 29.5 Å². The summed E-state index contributed by atoms with van der Waals surface area (Å²) in [6.45, 7) is 5.17. The summed E-state index contributed by atoms with van der Waals surface area (Å²) in [6.07, 6.45) is 2.50. The number of anilines is 4. The average Bonchev–Trinajstić information content (AvgIpc) is 3.55. The molecule has 162 valence electrons. The second kappa shape index (κ2) is 8.48. The largest absolute Gasteiger partial charge is 0.383 e. The van der Waals surface area contributed by atoms with Crippen LogP contribution in [0.25, 0.3) is 10.9 Å². The molecule has 1 aromatic heterocycles. The first kappa shape index (κ1) is 20.3. The third-order valence-corrected chi connectivity index (χ3v) is 6.33. The first-order valence-electron chi connectivity index (χ1n) is 10.8. The molecule has 1 aliphatic carbocycles. The van der Waals surface area contributed by atoms with Crippen LogP contribution in [0.15, 0.2) is 36.4 Å². The number of fused-ring (bicyclic) bond motifs is 1. The first-order valence-corrected chi connectivity index (χ1v) is 11.2. The summed E-state index contributed by atoms with van der Waals surface area (Å²) in [6, 6.07) is 11.0. The van der Waals surface area contributed by atoms with E-state index in [9.17, 15) is 4.39 Å². The highest BCUT2D eigenvalue weighted by atomic mass is 35.5. The summed E-state index contributed by atoms with van der Waals surface area (Å²) in [5.41, 5.74) is 2.47. The van der Waals surface area contributed by atoms with Crippen molar-refractivity contribution in [3.8, 4) is 0 Å². The van der Waals surface area contributed by atoms with Crippen molar-refractivity contribution in [3.05, 3.63) is 47.2 Å². The summed E-state index contributed by atoms with van der Waals surface area (Å²) in [5.74, 6) is 2.10. The van der Waals surface area contributed by atoms with Gasteiger partial charge in [-0.2, -0.15) is 4.98 Å². The van der Waals surface area contributed by atoms with Gasteiger partial charge in [-0.1, -0.05) is 17.7 Å². The Morgan fingerprint density at radius 2 is 2.03 bits per heavy atom. The summed E-state index contributed by atoms with van der Waals surface area (Å²) >= 11 is 5.95. The van der Waals surface area contributed by atoms with E-state index in [2.05, 4.69) is 28.2 Å². The number of nitrogens with zero attached hydrogens (tertiary/aromatic N) is 2. The van der Waals surface area contributed by atoms with Crippen molar-refractivity contribution < 1.29 is 4.39 Å². The van der Waals surface area contributed by atoms with Crippen LogP contribution in [0.3, 0.4) is 0 Å². The van der Waals surface area contributed by atoms with Gasteiger partial charge < -0.3 is 21.3 Å². The first-order chi connectivity index (χ1) is 15.1. The highest BCUT2D eigenvalue weighted by Gasteiger charge is 2.28. The van der Waals surface area contributed by atoms with Crippen molar-refractivity contribution in [2.75, 3.05) is 35.6 Å². The third-order valence-electron chi connectivity index (χ3n) is 6.04. The van der Waals surface area contributed by atoms with Crippen molar-refractivity contribution >= 4 is 45.6 Å². The minimum absolute atomic E-state index is 0.0583.